The fourth-order valence-corrected chi connectivity index (χ4v) is 11.6. The Kier molecular flexibility index (Phi) is 8.42. The van der Waals surface area contributed by atoms with Crippen LogP contribution in [-0.2, 0) is 0 Å². The van der Waals surface area contributed by atoms with Gasteiger partial charge in [-0.3, -0.25) is 4.57 Å². The number of aromatic nitrogens is 5. The molecular weight excluding hydrogens is 851 g/mol. The van der Waals surface area contributed by atoms with Crippen molar-refractivity contribution in [1.82, 2.24) is 24.1 Å². The Balaban J connectivity index is 0.944. The van der Waals surface area contributed by atoms with Crippen LogP contribution in [0, 0.1) is 5.92 Å². The minimum atomic E-state index is 0.443. The van der Waals surface area contributed by atoms with Crippen molar-refractivity contribution in [2.45, 2.75) is 6.42 Å². The largest absolute Gasteiger partial charge is 0.310 e. The van der Waals surface area contributed by atoms with E-state index in [9.17, 15) is 0 Å². The molecule has 3 aromatic heterocycles. The lowest BCUT2D eigenvalue weighted by atomic mass is 9.87. The van der Waals surface area contributed by atoms with Crippen molar-refractivity contribution < 1.29 is 0 Å². The van der Waals surface area contributed by atoms with Gasteiger partial charge in [0.15, 0.2) is 11.6 Å². The summed E-state index contributed by atoms with van der Waals surface area (Å²) in [4.78, 5) is 16.5. The van der Waals surface area contributed by atoms with Gasteiger partial charge in [0.25, 0.3) is 0 Å². The molecule has 0 amide bonds. The highest BCUT2D eigenvalue weighted by molar-refractivity contribution is 6.16. The number of fused-ring (bicyclic) bond motifs is 13. The number of allylic oxidation sites excluding steroid dienone is 8. The van der Waals surface area contributed by atoms with Gasteiger partial charge in [-0.15, -0.1) is 0 Å². The second kappa shape index (κ2) is 15.2. The Hall–Kier alpha value is -9.19. The molecule has 326 valence electrons. The van der Waals surface area contributed by atoms with Crippen molar-refractivity contribution in [2.24, 2.45) is 5.92 Å². The zero-order valence-corrected chi connectivity index (χ0v) is 38.0. The molecule has 0 radical (unpaired) electrons. The molecule has 0 N–H and O–H groups in total. The second-order valence-electron chi connectivity index (χ2n) is 18.7. The molecule has 15 rings (SSSR count). The van der Waals surface area contributed by atoms with Crippen LogP contribution in [0.15, 0.2) is 236 Å². The highest BCUT2D eigenvalue weighted by Gasteiger charge is 2.23. The topological polar surface area (TPSA) is 48.5 Å². The zero-order valence-electron chi connectivity index (χ0n) is 38.0. The van der Waals surface area contributed by atoms with E-state index in [2.05, 4.69) is 240 Å². The average molecular weight is 892 g/mol. The quantitative estimate of drug-likeness (QED) is 0.162. The summed E-state index contributed by atoms with van der Waals surface area (Å²) in [6, 6.07) is 70.2. The lowest BCUT2D eigenvalue weighted by Crippen LogP contribution is -2.08. The molecule has 10 aromatic carbocycles. The number of benzene rings is 10. The van der Waals surface area contributed by atoms with Crippen molar-refractivity contribution in [3.63, 3.8) is 0 Å². The van der Waals surface area contributed by atoms with Crippen LogP contribution in [0.1, 0.15) is 6.42 Å². The van der Waals surface area contributed by atoms with Crippen LogP contribution in [0.4, 0.5) is 0 Å². The van der Waals surface area contributed by atoms with Crippen LogP contribution in [0.25, 0.3) is 132 Å². The van der Waals surface area contributed by atoms with Crippen LogP contribution in [-0.4, -0.2) is 24.1 Å². The Morgan fingerprint density at radius 1 is 0.386 bits per heavy atom. The van der Waals surface area contributed by atoms with Gasteiger partial charge < -0.3 is 4.57 Å². The Bertz CT molecular complexity index is 4380. The molecule has 1 atom stereocenters. The Labute approximate surface area is 402 Å². The van der Waals surface area contributed by atoms with Crippen molar-refractivity contribution in [1.29, 1.82) is 0 Å². The molecule has 0 fully saturated rings. The SMILES string of the molecule is C1=CC2=CC(n3c4ccccc4c4cc(-c5ccc6c(c5)c5ccccc5n6-c5nc(-c6cc7ccccc7c7ccccc67)nc(-c6cc7ccccc7c7ccccc67)n5)ccc43)=CCC2C=C1. The molecule has 70 heavy (non-hydrogen) atoms. The first kappa shape index (κ1) is 38.9. The van der Waals surface area contributed by atoms with E-state index in [1.807, 2.05) is 0 Å². The van der Waals surface area contributed by atoms with Gasteiger partial charge in [0, 0.05) is 44.3 Å². The van der Waals surface area contributed by atoms with Crippen molar-refractivity contribution in [3.05, 3.63) is 236 Å². The van der Waals surface area contributed by atoms with Crippen LogP contribution in [0.3, 0.4) is 0 Å². The fraction of sp³-hybridized carbons (Fsp3) is 0.0308. The Morgan fingerprint density at radius 2 is 0.857 bits per heavy atom. The fourth-order valence-electron chi connectivity index (χ4n) is 11.6. The van der Waals surface area contributed by atoms with Crippen LogP contribution < -0.4 is 0 Å². The summed E-state index contributed by atoms with van der Waals surface area (Å²) in [5.74, 6) is 2.27. The van der Waals surface area contributed by atoms with E-state index >= 15 is 0 Å². The number of hydrogen-bond acceptors (Lipinski definition) is 3. The van der Waals surface area contributed by atoms with Gasteiger partial charge in [-0.05, 0) is 121 Å². The van der Waals surface area contributed by atoms with Gasteiger partial charge in [0.1, 0.15) is 0 Å². The molecule has 1 unspecified atom stereocenters. The van der Waals surface area contributed by atoms with Gasteiger partial charge >= 0.3 is 0 Å². The maximum Gasteiger partial charge on any atom is 0.238 e. The van der Waals surface area contributed by atoms with E-state index in [0.29, 0.717) is 23.5 Å². The van der Waals surface area contributed by atoms with E-state index < -0.39 is 0 Å². The number of rotatable bonds is 5. The third kappa shape index (κ3) is 5.88. The van der Waals surface area contributed by atoms with E-state index in [1.54, 1.807) is 0 Å². The summed E-state index contributed by atoms with van der Waals surface area (Å²) in [5, 5.41) is 14.0. The highest BCUT2D eigenvalue weighted by atomic mass is 15.2. The van der Waals surface area contributed by atoms with Crippen LogP contribution >= 0.6 is 0 Å². The average Bonchev–Trinajstić information content (AvgIpc) is 3.94. The van der Waals surface area contributed by atoms with E-state index in [-0.39, 0.29) is 0 Å². The van der Waals surface area contributed by atoms with Gasteiger partial charge in [-0.25, -0.2) is 4.98 Å². The first-order chi connectivity index (χ1) is 34.7. The molecule has 3 heterocycles. The van der Waals surface area contributed by atoms with Gasteiger partial charge in [0.05, 0.1) is 22.1 Å². The number of para-hydroxylation sites is 2. The minimum Gasteiger partial charge on any atom is -0.310 e. The summed E-state index contributed by atoms with van der Waals surface area (Å²) in [6.45, 7) is 0. The minimum absolute atomic E-state index is 0.443. The summed E-state index contributed by atoms with van der Waals surface area (Å²) in [6.07, 6.45) is 14.6. The molecule has 2 aliphatic rings. The first-order valence-corrected chi connectivity index (χ1v) is 24.1. The predicted molar refractivity (Wildman–Crippen MR) is 292 cm³/mol. The molecule has 0 saturated carbocycles. The zero-order chi connectivity index (χ0) is 45.9. The summed E-state index contributed by atoms with van der Waals surface area (Å²) < 4.78 is 4.68. The lowest BCUT2D eigenvalue weighted by molar-refractivity contribution is 0.777. The molecule has 0 spiro atoms. The summed E-state index contributed by atoms with van der Waals surface area (Å²) in [7, 11) is 0. The normalized spacial score (nSPS) is 14.7. The molecule has 0 aliphatic heterocycles. The van der Waals surface area contributed by atoms with Gasteiger partial charge in [0.2, 0.25) is 5.95 Å². The maximum absolute atomic E-state index is 5.50. The van der Waals surface area contributed by atoms with Crippen molar-refractivity contribution >= 4 is 92.4 Å². The van der Waals surface area contributed by atoms with E-state index in [1.165, 1.54) is 60.2 Å². The lowest BCUT2D eigenvalue weighted by Gasteiger charge is -2.22. The van der Waals surface area contributed by atoms with Crippen LogP contribution in [0.5, 0.6) is 0 Å². The first-order valence-electron chi connectivity index (χ1n) is 24.1. The summed E-state index contributed by atoms with van der Waals surface area (Å²) in [5.41, 5.74) is 11.3. The van der Waals surface area contributed by atoms with Gasteiger partial charge in [-0.1, -0.05) is 176 Å². The summed E-state index contributed by atoms with van der Waals surface area (Å²) >= 11 is 0. The molecule has 0 bridgehead atoms. The number of nitrogens with zero attached hydrogens (tertiary/aromatic N) is 5. The molecule has 2 aliphatic carbocycles. The van der Waals surface area contributed by atoms with Crippen molar-refractivity contribution in [2.75, 3.05) is 0 Å². The van der Waals surface area contributed by atoms with Crippen molar-refractivity contribution in [3.8, 4) is 39.9 Å². The highest BCUT2D eigenvalue weighted by Crippen LogP contribution is 2.42. The smallest absolute Gasteiger partial charge is 0.238 e. The number of hydrogen-bond donors (Lipinski definition) is 0. The molecule has 5 nitrogen and oxygen atoms in total. The standard InChI is InChI=1S/C65H41N5/c1-2-16-41-35-46(32-29-40(41)15-1)69-59-27-13-11-25-53(59)55-36-42(30-33-61(55)69)43-31-34-62-56(37-43)54-26-12-14-28-60(54)70(62)65-67-63(57-38-44-17-3-5-19-47(44)49-21-7-9-23-51(49)57)66-64(68-65)58-39-45-18-4-6-20-48(45)50-22-8-10-24-52(50)58/h1-28,30-40H,29H2. The van der Waals surface area contributed by atoms with E-state index in [4.69, 9.17) is 15.0 Å². The van der Waals surface area contributed by atoms with E-state index in [0.717, 1.165) is 66.5 Å². The molecular formula is C65H41N5. The maximum atomic E-state index is 5.50. The molecule has 13 aromatic rings. The predicted octanol–water partition coefficient (Wildman–Crippen LogP) is 16.6. The molecule has 0 saturated heterocycles. The van der Waals surface area contributed by atoms with Gasteiger partial charge in [-0.2, -0.15) is 9.97 Å². The van der Waals surface area contributed by atoms with Crippen LogP contribution in [0.2, 0.25) is 0 Å². The second-order valence-corrected chi connectivity index (χ2v) is 18.7. The third-order valence-electron chi connectivity index (χ3n) is 14.8. The monoisotopic (exact) mass is 891 g/mol. The Morgan fingerprint density at radius 3 is 1.44 bits per heavy atom. The molecule has 5 heteroatoms. The third-order valence-corrected chi connectivity index (χ3v) is 14.8.